The minimum Gasteiger partial charge on any atom is -0.462 e. The van der Waals surface area contributed by atoms with Gasteiger partial charge in [0, 0.05) is 11.6 Å². The minimum absolute atomic E-state index is 0.0263. The Morgan fingerprint density at radius 1 is 1.15 bits per heavy atom. The Labute approximate surface area is 195 Å². The summed E-state index contributed by atoms with van der Waals surface area (Å²) < 4.78 is 12.4. The van der Waals surface area contributed by atoms with Crippen molar-refractivity contribution in [3.8, 4) is 29.1 Å². The van der Waals surface area contributed by atoms with Crippen LogP contribution in [0.25, 0.3) is 28.7 Å². The molecule has 2 N–H and O–H groups in total. The number of nitrogens with zero attached hydrogens (tertiary/aromatic N) is 4. The number of ether oxygens (including phenoxy) is 1. The van der Waals surface area contributed by atoms with Crippen LogP contribution in [0.3, 0.4) is 0 Å². The first-order valence-corrected chi connectivity index (χ1v) is 10.4. The fourth-order valence-electron chi connectivity index (χ4n) is 3.45. The standard InChI is InChI=1S/C26H19N5O3/c1-2-33-26(32)18-8-6-7-17(13-18)23-12-11-21(34-23)14-19(15-27)24-22(16-28)25(29)30-31(24)20-9-4-3-5-10-20/h3-14H,2H2,1H3,(H2,29,30)/b19-14+. The topological polar surface area (TPSA) is 131 Å². The van der Waals surface area contributed by atoms with E-state index < -0.39 is 5.97 Å². The van der Waals surface area contributed by atoms with E-state index in [1.165, 1.54) is 10.8 Å². The van der Waals surface area contributed by atoms with Gasteiger partial charge in [0.2, 0.25) is 0 Å². The molecule has 0 bridgehead atoms. The molecule has 0 spiro atoms. The number of nitriles is 2. The van der Waals surface area contributed by atoms with Crippen molar-refractivity contribution in [2.24, 2.45) is 0 Å². The molecule has 0 unspecified atom stereocenters. The SMILES string of the molecule is CCOC(=O)c1cccc(-c2ccc(/C=C(\C#N)c3c(C#N)c(N)nn3-c3ccccc3)o2)c1. The molecule has 2 heterocycles. The molecule has 4 aromatic rings. The second-order valence-electron chi connectivity index (χ2n) is 7.14. The third-order valence-corrected chi connectivity index (χ3v) is 4.97. The van der Waals surface area contributed by atoms with Crippen LogP contribution >= 0.6 is 0 Å². The predicted molar refractivity (Wildman–Crippen MR) is 126 cm³/mol. The van der Waals surface area contributed by atoms with Crippen LogP contribution in [0, 0.1) is 22.7 Å². The van der Waals surface area contributed by atoms with Crippen LogP contribution in [0.5, 0.6) is 0 Å². The average Bonchev–Trinajstić information content (AvgIpc) is 3.47. The lowest BCUT2D eigenvalue weighted by atomic mass is 10.1. The van der Waals surface area contributed by atoms with Crippen molar-refractivity contribution in [2.45, 2.75) is 6.92 Å². The lowest BCUT2D eigenvalue weighted by molar-refractivity contribution is 0.0526. The fourth-order valence-corrected chi connectivity index (χ4v) is 3.45. The number of aromatic nitrogens is 2. The maximum absolute atomic E-state index is 12.0. The molecule has 4 rings (SSSR count). The molecule has 34 heavy (non-hydrogen) atoms. The summed E-state index contributed by atoms with van der Waals surface area (Å²) in [6.07, 6.45) is 1.52. The molecular formula is C26H19N5O3. The van der Waals surface area contributed by atoms with E-state index in [0.29, 0.717) is 28.3 Å². The van der Waals surface area contributed by atoms with Crippen molar-refractivity contribution in [3.05, 3.63) is 89.3 Å². The van der Waals surface area contributed by atoms with E-state index in [1.54, 1.807) is 55.5 Å². The highest BCUT2D eigenvalue weighted by atomic mass is 16.5. The second kappa shape index (κ2) is 9.60. The van der Waals surface area contributed by atoms with Crippen molar-refractivity contribution in [1.82, 2.24) is 9.78 Å². The summed E-state index contributed by atoms with van der Waals surface area (Å²) in [5, 5.41) is 23.8. The molecule has 8 nitrogen and oxygen atoms in total. The van der Waals surface area contributed by atoms with Crippen LogP contribution < -0.4 is 5.73 Å². The Bertz CT molecular complexity index is 1470. The number of anilines is 1. The molecule has 2 aromatic heterocycles. The lowest BCUT2D eigenvalue weighted by Crippen LogP contribution is -2.04. The van der Waals surface area contributed by atoms with Gasteiger partial charge in [0.05, 0.1) is 23.4 Å². The number of hydrogen-bond donors (Lipinski definition) is 1. The summed E-state index contributed by atoms with van der Waals surface area (Å²) in [4.78, 5) is 12.0. The number of furan rings is 1. The van der Waals surface area contributed by atoms with Crippen LogP contribution in [-0.2, 0) is 4.74 Å². The van der Waals surface area contributed by atoms with Gasteiger partial charge in [0.25, 0.3) is 0 Å². The van der Waals surface area contributed by atoms with Crippen LogP contribution in [0.2, 0.25) is 0 Å². The Morgan fingerprint density at radius 3 is 2.65 bits per heavy atom. The molecule has 8 heteroatoms. The maximum Gasteiger partial charge on any atom is 0.338 e. The number of nitrogens with two attached hydrogens (primary N) is 1. The Balaban J connectivity index is 1.75. The van der Waals surface area contributed by atoms with Gasteiger partial charge in [-0.3, -0.25) is 0 Å². The van der Waals surface area contributed by atoms with Gasteiger partial charge >= 0.3 is 5.97 Å². The first-order valence-electron chi connectivity index (χ1n) is 10.4. The first kappa shape index (κ1) is 22.1. The predicted octanol–water partition coefficient (Wildman–Crippen LogP) is 4.83. The van der Waals surface area contributed by atoms with Crippen molar-refractivity contribution >= 4 is 23.4 Å². The molecule has 0 aliphatic heterocycles. The first-order chi connectivity index (χ1) is 16.5. The third kappa shape index (κ3) is 4.29. The molecule has 0 aliphatic carbocycles. The summed E-state index contributed by atoms with van der Waals surface area (Å²) in [5.41, 5.74) is 8.24. The Kier molecular flexibility index (Phi) is 6.24. The van der Waals surface area contributed by atoms with Gasteiger partial charge in [-0.1, -0.05) is 30.3 Å². The van der Waals surface area contributed by atoms with Gasteiger partial charge in [-0.25, -0.2) is 9.48 Å². The quantitative estimate of drug-likeness (QED) is 0.329. The third-order valence-electron chi connectivity index (χ3n) is 4.97. The molecule has 0 aliphatic rings. The fraction of sp³-hybridized carbons (Fsp3) is 0.0769. The second-order valence-corrected chi connectivity index (χ2v) is 7.14. The summed E-state index contributed by atoms with van der Waals surface area (Å²) in [7, 11) is 0. The number of carbonyl (C=O) groups excluding carboxylic acids is 1. The van der Waals surface area contributed by atoms with Gasteiger partial charge in [-0.15, -0.1) is 5.10 Å². The summed E-state index contributed by atoms with van der Waals surface area (Å²) in [5.74, 6) is 0.500. The highest BCUT2D eigenvalue weighted by Crippen LogP contribution is 2.30. The number of hydrogen-bond acceptors (Lipinski definition) is 7. The number of allylic oxidation sites excluding steroid dienone is 1. The van der Waals surface area contributed by atoms with Crippen molar-refractivity contribution in [2.75, 3.05) is 12.3 Å². The van der Waals surface area contributed by atoms with Gasteiger partial charge in [0.15, 0.2) is 5.82 Å². The number of para-hydroxylation sites is 1. The van der Waals surface area contributed by atoms with E-state index in [1.807, 2.05) is 24.3 Å². The maximum atomic E-state index is 12.0. The van der Waals surface area contributed by atoms with E-state index in [4.69, 9.17) is 14.9 Å². The van der Waals surface area contributed by atoms with Gasteiger partial charge in [-0.05, 0) is 43.3 Å². The Morgan fingerprint density at radius 2 is 1.94 bits per heavy atom. The summed E-state index contributed by atoms with van der Waals surface area (Å²) in [6, 6.07) is 23.6. The van der Waals surface area contributed by atoms with Gasteiger partial charge < -0.3 is 14.9 Å². The monoisotopic (exact) mass is 449 g/mol. The molecular weight excluding hydrogens is 430 g/mol. The van der Waals surface area contributed by atoms with Crippen molar-refractivity contribution in [1.29, 1.82) is 10.5 Å². The zero-order valence-electron chi connectivity index (χ0n) is 18.2. The summed E-state index contributed by atoms with van der Waals surface area (Å²) >= 11 is 0. The molecule has 0 fully saturated rings. The van der Waals surface area contributed by atoms with E-state index in [2.05, 4.69) is 11.2 Å². The number of benzene rings is 2. The molecule has 0 amide bonds. The smallest absolute Gasteiger partial charge is 0.338 e. The zero-order chi connectivity index (χ0) is 24.1. The highest BCUT2D eigenvalue weighted by Gasteiger charge is 2.21. The number of carbonyl (C=O) groups is 1. The molecule has 166 valence electrons. The number of nitrogen functional groups attached to an aromatic ring is 1. The molecule has 2 aromatic carbocycles. The zero-order valence-corrected chi connectivity index (χ0v) is 18.2. The van der Waals surface area contributed by atoms with Gasteiger partial charge in [0.1, 0.15) is 34.9 Å². The molecule has 0 saturated carbocycles. The van der Waals surface area contributed by atoms with Gasteiger partial charge in [-0.2, -0.15) is 10.5 Å². The molecule has 0 radical (unpaired) electrons. The number of esters is 1. The summed E-state index contributed by atoms with van der Waals surface area (Å²) in [6.45, 7) is 2.03. The largest absolute Gasteiger partial charge is 0.462 e. The van der Waals surface area contributed by atoms with E-state index in [9.17, 15) is 15.3 Å². The van der Waals surface area contributed by atoms with Crippen molar-refractivity contribution < 1.29 is 13.9 Å². The van der Waals surface area contributed by atoms with E-state index in [-0.39, 0.29) is 29.3 Å². The Hall–Kier alpha value is -5.08. The normalized spacial score (nSPS) is 11.0. The lowest BCUT2D eigenvalue weighted by Gasteiger charge is -2.06. The van der Waals surface area contributed by atoms with E-state index in [0.717, 1.165) is 0 Å². The van der Waals surface area contributed by atoms with Crippen molar-refractivity contribution in [3.63, 3.8) is 0 Å². The molecule has 0 atom stereocenters. The van der Waals surface area contributed by atoms with Crippen LogP contribution in [0.4, 0.5) is 5.82 Å². The molecule has 0 saturated heterocycles. The van der Waals surface area contributed by atoms with Crippen LogP contribution in [-0.4, -0.2) is 22.4 Å². The highest BCUT2D eigenvalue weighted by molar-refractivity contribution is 5.92. The minimum atomic E-state index is -0.418. The van der Waals surface area contributed by atoms with E-state index >= 15 is 0 Å². The van der Waals surface area contributed by atoms with Crippen LogP contribution in [0.1, 0.15) is 34.3 Å². The average molecular weight is 449 g/mol. The van der Waals surface area contributed by atoms with Crippen LogP contribution in [0.15, 0.2) is 71.1 Å². The number of rotatable bonds is 6.